The Labute approximate surface area is 169 Å². The minimum absolute atomic E-state index is 0.0469. The molecule has 0 bridgehead atoms. The molecule has 0 spiro atoms. The van der Waals surface area contributed by atoms with Gasteiger partial charge in [-0.1, -0.05) is 39.0 Å². The second kappa shape index (κ2) is 9.09. The van der Waals surface area contributed by atoms with E-state index in [1.165, 1.54) is 37.8 Å². The molecule has 0 radical (unpaired) electrons. The molecule has 29 heavy (non-hydrogen) atoms. The van der Waals surface area contributed by atoms with Crippen molar-refractivity contribution in [3.8, 4) is 17.2 Å². The number of ketones is 2. The van der Waals surface area contributed by atoms with Gasteiger partial charge in [0, 0.05) is 23.8 Å². The number of rotatable bonds is 9. The average Bonchev–Trinajstić information content (AvgIpc) is 2.67. The lowest BCUT2D eigenvalue weighted by molar-refractivity contribution is 0.0972. The molecule has 6 nitrogen and oxygen atoms in total. The fourth-order valence-corrected chi connectivity index (χ4v) is 3.66. The molecule has 3 rings (SSSR count). The normalized spacial score (nSPS) is 12.7. The third-order valence-corrected chi connectivity index (χ3v) is 5.13. The van der Waals surface area contributed by atoms with Gasteiger partial charge in [0.2, 0.25) is 5.78 Å². The molecule has 0 atom stereocenters. The number of hydrogen-bond donors (Lipinski definition) is 3. The number of hydrogen-bond acceptors (Lipinski definition) is 6. The van der Waals surface area contributed by atoms with Crippen molar-refractivity contribution in [3.63, 3.8) is 0 Å². The Balaban J connectivity index is 1.72. The van der Waals surface area contributed by atoms with Crippen LogP contribution in [0, 0.1) is 0 Å². The maximum atomic E-state index is 12.8. The molecule has 154 valence electrons. The zero-order valence-electron chi connectivity index (χ0n) is 16.5. The number of phenolic OH excluding ortho intramolecular Hbond substituents is 3. The first-order valence-corrected chi connectivity index (χ1v) is 10.0. The highest BCUT2D eigenvalue weighted by molar-refractivity contribution is 6.30. The minimum Gasteiger partial charge on any atom is -0.508 e. The number of carbonyl (C=O) groups is 2. The van der Waals surface area contributed by atoms with E-state index in [1.54, 1.807) is 0 Å². The largest absolute Gasteiger partial charge is 0.508 e. The van der Waals surface area contributed by atoms with Crippen LogP contribution >= 0.6 is 0 Å². The Morgan fingerprint density at radius 3 is 2.10 bits per heavy atom. The maximum absolute atomic E-state index is 12.8. The van der Waals surface area contributed by atoms with Crippen molar-refractivity contribution in [2.45, 2.75) is 52.1 Å². The van der Waals surface area contributed by atoms with E-state index in [0.29, 0.717) is 12.2 Å². The highest BCUT2D eigenvalue weighted by atomic mass is 16.5. The lowest BCUT2D eigenvalue weighted by atomic mass is 9.82. The van der Waals surface area contributed by atoms with Crippen LogP contribution in [0.1, 0.15) is 82.9 Å². The Bertz CT molecular complexity index is 931. The van der Waals surface area contributed by atoms with Gasteiger partial charge in [-0.25, -0.2) is 0 Å². The zero-order valence-corrected chi connectivity index (χ0v) is 16.5. The van der Waals surface area contributed by atoms with Crippen LogP contribution in [-0.2, 0) is 11.3 Å². The summed E-state index contributed by atoms with van der Waals surface area (Å²) in [5.74, 6) is -2.31. The topological polar surface area (TPSA) is 104 Å². The molecular formula is C23H26O6. The molecule has 1 aliphatic rings. The van der Waals surface area contributed by atoms with Gasteiger partial charge in [0.1, 0.15) is 17.2 Å². The number of aromatic hydroxyl groups is 3. The van der Waals surface area contributed by atoms with Gasteiger partial charge in [-0.15, -0.1) is 0 Å². The molecule has 2 aromatic rings. The van der Waals surface area contributed by atoms with Crippen molar-refractivity contribution >= 4 is 11.6 Å². The van der Waals surface area contributed by atoms with Gasteiger partial charge in [0.25, 0.3) is 0 Å². The highest BCUT2D eigenvalue weighted by Gasteiger charge is 2.35. The number of phenols is 3. The monoisotopic (exact) mass is 398 g/mol. The summed E-state index contributed by atoms with van der Waals surface area (Å²) in [6.07, 6.45) is 6.94. The summed E-state index contributed by atoms with van der Waals surface area (Å²) >= 11 is 0. The standard InChI is InChI=1S/C23H26O6/c1-2-3-4-5-6-7-8-29-13-14-9-16-20(18(25)10-14)23(28)21-17(22(16)27)11-15(24)12-19(21)26/h9-12,24-26H,2-8,13H2,1H3. The van der Waals surface area contributed by atoms with Crippen LogP contribution in [-0.4, -0.2) is 33.5 Å². The van der Waals surface area contributed by atoms with Gasteiger partial charge in [-0.05, 0) is 30.2 Å². The van der Waals surface area contributed by atoms with Crippen molar-refractivity contribution < 1.29 is 29.6 Å². The van der Waals surface area contributed by atoms with Crippen molar-refractivity contribution in [2.75, 3.05) is 6.61 Å². The number of fused-ring (bicyclic) bond motifs is 2. The first-order valence-electron chi connectivity index (χ1n) is 10.0. The molecule has 0 amide bonds. The summed E-state index contributed by atoms with van der Waals surface area (Å²) in [4.78, 5) is 25.6. The van der Waals surface area contributed by atoms with Gasteiger partial charge < -0.3 is 20.1 Å². The molecule has 0 saturated carbocycles. The maximum Gasteiger partial charge on any atom is 0.201 e. The number of benzene rings is 2. The summed E-state index contributed by atoms with van der Waals surface area (Å²) in [6, 6.07) is 5.09. The lowest BCUT2D eigenvalue weighted by Gasteiger charge is -2.20. The van der Waals surface area contributed by atoms with Crippen LogP contribution in [0.2, 0.25) is 0 Å². The number of ether oxygens (including phenoxy) is 1. The summed E-state index contributed by atoms with van der Waals surface area (Å²) in [7, 11) is 0. The summed E-state index contributed by atoms with van der Waals surface area (Å²) in [6.45, 7) is 2.98. The smallest absolute Gasteiger partial charge is 0.201 e. The van der Waals surface area contributed by atoms with Gasteiger partial charge >= 0.3 is 0 Å². The fourth-order valence-electron chi connectivity index (χ4n) is 3.66. The van der Waals surface area contributed by atoms with E-state index in [2.05, 4.69) is 6.92 Å². The van der Waals surface area contributed by atoms with Crippen molar-refractivity contribution in [2.24, 2.45) is 0 Å². The summed E-state index contributed by atoms with van der Waals surface area (Å²) in [5, 5.41) is 30.0. The van der Waals surface area contributed by atoms with Crippen LogP contribution in [0.4, 0.5) is 0 Å². The molecular weight excluding hydrogens is 372 g/mol. The van der Waals surface area contributed by atoms with E-state index in [-0.39, 0.29) is 40.4 Å². The van der Waals surface area contributed by atoms with E-state index in [0.717, 1.165) is 25.0 Å². The van der Waals surface area contributed by atoms with Crippen molar-refractivity contribution in [1.82, 2.24) is 0 Å². The molecule has 1 aliphatic carbocycles. The molecule has 3 N–H and O–H groups in total. The van der Waals surface area contributed by atoms with Crippen LogP contribution in [0.5, 0.6) is 17.2 Å². The molecule has 0 aromatic heterocycles. The minimum atomic E-state index is -0.649. The van der Waals surface area contributed by atoms with Crippen LogP contribution in [0.25, 0.3) is 0 Å². The van der Waals surface area contributed by atoms with E-state index in [9.17, 15) is 24.9 Å². The molecule has 0 aliphatic heterocycles. The molecule has 0 fully saturated rings. The van der Waals surface area contributed by atoms with E-state index < -0.39 is 17.3 Å². The number of unbranched alkanes of at least 4 members (excludes halogenated alkanes) is 5. The Morgan fingerprint density at radius 1 is 0.759 bits per heavy atom. The van der Waals surface area contributed by atoms with Crippen LogP contribution < -0.4 is 0 Å². The first kappa shape index (κ1) is 20.9. The van der Waals surface area contributed by atoms with E-state index >= 15 is 0 Å². The zero-order chi connectivity index (χ0) is 21.0. The Kier molecular flexibility index (Phi) is 6.54. The van der Waals surface area contributed by atoms with Crippen molar-refractivity contribution in [3.05, 3.63) is 52.1 Å². The van der Waals surface area contributed by atoms with E-state index in [4.69, 9.17) is 4.74 Å². The van der Waals surface area contributed by atoms with E-state index in [1.807, 2.05) is 0 Å². The first-order chi connectivity index (χ1) is 13.9. The summed E-state index contributed by atoms with van der Waals surface area (Å²) in [5.41, 5.74) is 0.210. The van der Waals surface area contributed by atoms with Crippen LogP contribution in [0.3, 0.4) is 0 Å². The molecule has 6 heteroatoms. The van der Waals surface area contributed by atoms with Crippen LogP contribution in [0.15, 0.2) is 24.3 Å². The third kappa shape index (κ3) is 4.43. The van der Waals surface area contributed by atoms with Gasteiger partial charge in [0.05, 0.1) is 17.7 Å². The SMILES string of the molecule is CCCCCCCCOCc1cc(O)c2c(c1)C(=O)c1cc(O)cc(O)c1C2=O. The lowest BCUT2D eigenvalue weighted by Crippen LogP contribution is -2.21. The molecule has 2 aromatic carbocycles. The summed E-state index contributed by atoms with van der Waals surface area (Å²) < 4.78 is 5.65. The quantitative estimate of drug-likeness (QED) is 0.460. The Morgan fingerprint density at radius 2 is 1.38 bits per heavy atom. The third-order valence-electron chi connectivity index (χ3n) is 5.13. The van der Waals surface area contributed by atoms with Gasteiger partial charge in [-0.3, -0.25) is 9.59 Å². The predicted molar refractivity (Wildman–Crippen MR) is 108 cm³/mol. The predicted octanol–water partition coefficient (Wildman–Crippen LogP) is 4.46. The van der Waals surface area contributed by atoms with Gasteiger partial charge in [-0.2, -0.15) is 0 Å². The second-order valence-electron chi connectivity index (χ2n) is 7.40. The molecule has 0 heterocycles. The average molecular weight is 398 g/mol. The Hall–Kier alpha value is -2.86. The number of carbonyl (C=O) groups excluding carboxylic acids is 2. The highest BCUT2D eigenvalue weighted by Crippen LogP contribution is 2.39. The van der Waals surface area contributed by atoms with Gasteiger partial charge in [0.15, 0.2) is 5.78 Å². The fraction of sp³-hybridized carbons (Fsp3) is 0.391. The van der Waals surface area contributed by atoms with Crippen molar-refractivity contribution in [1.29, 1.82) is 0 Å². The molecule has 0 saturated heterocycles. The molecule has 0 unspecified atom stereocenters. The second-order valence-corrected chi connectivity index (χ2v) is 7.40.